The molecule has 7 heteroatoms. The van der Waals surface area contributed by atoms with Crippen molar-refractivity contribution in [2.45, 2.75) is 18.0 Å². The first-order valence-electron chi connectivity index (χ1n) is 7.90. The van der Waals surface area contributed by atoms with Gasteiger partial charge in [-0.2, -0.15) is 0 Å². The highest BCUT2D eigenvalue weighted by Gasteiger charge is 2.15. The number of aromatic nitrogens is 1. The lowest BCUT2D eigenvalue weighted by molar-refractivity contribution is 0.290. The second-order valence-corrected chi connectivity index (χ2v) is 7.29. The number of hydrogen-bond acceptors (Lipinski definition) is 4. The summed E-state index contributed by atoms with van der Waals surface area (Å²) >= 11 is 0. The molecule has 3 aromatic rings. The van der Waals surface area contributed by atoms with Crippen molar-refractivity contribution in [3.8, 4) is 5.88 Å². The van der Waals surface area contributed by atoms with Crippen LogP contribution in [0.15, 0.2) is 77.8 Å². The minimum atomic E-state index is -3.76. The molecule has 0 radical (unpaired) electrons. The first-order valence-corrected chi connectivity index (χ1v) is 9.39. The predicted octanol–water partition coefficient (Wildman–Crippen LogP) is 3.28. The van der Waals surface area contributed by atoms with E-state index in [2.05, 4.69) is 9.71 Å². The number of rotatable bonds is 7. The van der Waals surface area contributed by atoms with Crippen LogP contribution in [-0.4, -0.2) is 13.4 Å². The lowest BCUT2D eigenvalue weighted by Gasteiger charge is -2.11. The summed E-state index contributed by atoms with van der Waals surface area (Å²) in [6.45, 7) is 0.341. The maximum Gasteiger partial charge on any atom is 0.240 e. The molecule has 0 spiro atoms. The minimum absolute atomic E-state index is 0.00505. The highest BCUT2D eigenvalue weighted by molar-refractivity contribution is 7.89. The Labute approximate surface area is 151 Å². The standard InChI is InChI=1S/C19H17FN2O3S/c20-17-8-10-18(11-9-17)26(23,24)22-13-16-7-4-12-21-19(16)25-14-15-5-2-1-3-6-15/h1-12,22H,13-14H2. The normalized spacial score (nSPS) is 11.3. The summed E-state index contributed by atoms with van der Waals surface area (Å²) in [5.74, 6) is -0.133. The summed E-state index contributed by atoms with van der Waals surface area (Å²) in [7, 11) is -3.76. The summed E-state index contributed by atoms with van der Waals surface area (Å²) in [5, 5.41) is 0. The van der Waals surface area contributed by atoms with Crippen molar-refractivity contribution < 1.29 is 17.5 Å². The number of hydrogen-bond donors (Lipinski definition) is 1. The van der Waals surface area contributed by atoms with Gasteiger partial charge < -0.3 is 4.74 Å². The lowest BCUT2D eigenvalue weighted by atomic mass is 10.2. The molecule has 2 aromatic carbocycles. The molecule has 0 unspecified atom stereocenters. The zero-order valence-electron chi connectivity index (χ0n) is 13.8. The first-order chi connectivity index (χ1) is 12.5. The van der Waals surface area contributed by atoms with Crippen molar-refractivity contribution >= 4 is 10.0 Å². The van der Waals surface area contributed by atoms with Gasteiger partial charge in [0.1, 0.15) is 12.4 Å². The molecule has 1 aromatic heterocycles. The van der Waals surface area contributed by atoms with E-state index in [-0.39, 0.29) is 11.4 Å². The van der Waals surface area contributed by atoms with Crippen LogP contribution in [0, 0.1) is 5.82 Å². The number of sulfonamides is 1. The number of benzene rings is 2. The van der Waals surface area contributed by atoms with Crippen LogP contribution in [0.3, 0.4) is 0 Å². The van der Waals surface area contributed by atoms with Crippen LogP contribution >= 0.6 is 0 Å². The van der Waals surface area contributed by atoms with Crippen LogP contribution in [0.1, 0.15) is 11.1 Å². The second-order valence-electron chi connectivity index (χ2n) is 5.52. The number of ether oxygens (including phenoxy) is 1. The van der Waals surface area contributed by atoms with Crippen molar-refractivity contribution in [1.82, 2.24) is 9.71 Å². The Bertz CT molecular complexity index is 962. The highest BCUT2D eigenvalue weighted by atomic mass is 32.2. The van der Waals surface area contributed by atoms with E-state index in [1.165, 1.54) is 12.1 Å². The van der Waals surface area contributed by atoms with Gasteiger partial charge in [0.2, 0.25) is 15.9 Å². The van der Waals surface area contributed by atoms with Gasteiger partial charge in [0.05, 0.1) is 4.90 Å². The third kappa shape index (κ3) is 4.65. The topological polar surface area (TPSA) is 68.3 Å². The van der Waals surface area contributed by atoms with Crippen molar-refractivity contribution in [2.75, 3.05) is 0 Å². The molecule has 134 valence electrons. The van der Waals surface area contributed by atoms with Crippen molar-refractivity contribution in [2.24, 2.45) is 0 Å². The molecular weight excluding hydrogens is 355 g/mol. The Morgan fingerprint density at radius 2 is 1.69 bits per heavy atom. The molecule has 0 bridgehead atoms. The molecule has 3 rings (SSSR count). The summed E-state index contributed by atoms with van der Waals surface area (Å²) in [6, 6.07) is 17.7. The number of nitrogens with one attached hydrogen (secondary N) is 1. The van der Waals surface area contributed by atoms with Crippen molar-refractivity contribution in [3.05, 3.63) is 89.9 Å². The minimum Gasteiger partial charge on any atom is -0.473 e. The molecule has 0 aliphatic carbocycles. The van der Waals surface area contributed by atoms with Crippen LogP contribution in [0.2, 0.25) is 0 Å². The zero-order valence-corrected chi connectivity index (χ0v) is 14.6. The zero-order chi connectivity index (χ0) is 18.4. The van der Waals surface area contributed by atoms with Gasteiger partial charge in [0, 0.05) is 18.3 Å². The van der Waals surface area contributed by atoms with E-state index in [0.717, 1.165) is 17.7 Å². The Morgan fingerprint density at radius 1 is 0.962 bits per heavy atom. The molecule has 26 heavy (non-hydrogen) atoms. The van der Waals surface area contributed by atoms with E-state index in [1.54, 1.807) is 18.3 Å². The van der Waals surface area contributed by atoms with Crippen molar-refractivity contribution in [3.63, 3.8) is 0 Å². The van der Waals surface area contributed by atoms with E-state index in [9.17, 15) is 12.8 Å². The Hall–Kier alpha value is -2.77. The van der Waals surface area contributed by atoms with Gasteiger partial charge in [-0.25, -0.2) is 22.5 Å². The van der Waals surface area contributed by atoms with E-state index < -0.39 is 15.8 Å². The molecule has 1 heterocycles. The van der Waals surface area contributed by atoms with Gasteiger partial charge in [-0.1, -0.05) is 36.4 Å². The fourth-order valence-corrected chi connectivity index (χ4v) is 3.29. The van der Waals surface area contributed by atoms with Gasteiger partial charge in [-0.3, -0.25) is 0 Å². The second kappa shape index (κ2) is 8.07. The van der Waals surface area contributed by atoms with Crippen LogP contribution in [-0.2, 0) is 23.2 Å². The maximum atomic E-state index is 13.0. The monoisotopic (exact) mass is 372 g/mol. The van der Waals surface area contributed by atoms with Crippen LogP contribution in [0.25, 0.3) is 0 Å². The van der Waals surface area contributed by atoms with E-state index in [1.807, 2.05) is 30.3 Å². The molecule has 0 aliphatic heterocycles. The predicted molar refractivity (Wildman–Crippen MR) is 95.4 cm³/mol. The molecule has 5 nitrogen and oxygen atoms in total. The fourth-order valence-electron chi connectivity index (χ4n) is 2.28. The maximum absolute atomic E-state index is 13.0. The van der Waals surface area contributed by atoms with Gasteiger partial charge in [0.15, 0.2) is 0 Å². The molecule has 0 atom stereocenters. The Balaban J connectivity index is 1.69. The number of halogens is 1. The van der Waals surface area contributed by atoms with E-state index in [0.29, 0.717) is 18.1 Å². The van der Waals surface area contributed by atoms with Gasteiger partial charge in [-0.15, -0.1) is 0 Å². The van der Waals surface area contributed by atoms with Crippen LogP contribution in [0.4, 0.5) is 4.39 Å². The van der Waals surface area contributed by atoms with Gasteiger partial charge in [-0.05, 0) is 35.9 Å². The number of nitrogens with zero attached hydrogens (tertiary/aromatic N) is 1. The molecule has 0 fully saturated rings. The summed E-state index contributed by atoms with van der Waals surface area (Å²) < 4.78 is 45.8. The summed E-state index contributed by atoms with van der Waals surface area (Å²) in [6.07, 6.45) is 1.58. The molecule has 0 aliphatic rings. The van der Waals surface area contributed by atoms with Gasteiger partial charge in [0.25, 0.3) is 0 Å². The largest absolute Gasteiger partial charge is 0.473 e. The van der Waals surface area contributed by atoms with E-state index in [4.69, 9.17) is 4.74 Å². The van der Waals surface area contributed by atoms with Crippen LogP contribution < -0.4 is 9.46 Å². The third-order valence-corrected chi connectivity index (χ3v) is 5.06. The molecule has 0 saturated carbocycles. The molecular formula is C19H17FN2O3S. The SMILES string of the molecule is O=S(=O)(NCc1cccnc1OCc1ccccc1)c1ccc(F)cc1. The van der Waals surface area contributed by atoms with Crippen molar-refractivity contribution in [1.29, 1.82) is 0 Å². The quantitative estimate of drug-likeness (QED) is 0.691. The van der Waals surface area contributed by atoms with Crippen LogP contribution in [0.5, 0.6) is 5.88 Å². The average molecular weight is 372 g/mol. The summed E-state index contributed by atoms with van der Waals surface area (Å²) in [4.78, 5) is 4.17. The number of pyridine rings is 1. The fraction of sp³-hybridized carbons (Fsp3) is 0.105. The summed E-state index contributed by atoms with van der Waals surface area (Å²) in [5.41, 5.74) is 1.59. The lowest BCUT2D eigenvalue weighted by Crippen LogP contribution is -2.23. The molecule has 0 saturated heterocycles. The van der Waals surface area contributed by atoms with E-state index >= 15 is 0 Å². The highest BCUT2D eigenvalue weighted by Crippen LogP contribution is 2.17. The molecule has 0 amide bonds. The smallest absolute Gasteiger partial charge is 0.240 e. The Kier molecular flexibility index (Phi) is 5.60. The van der Waals surface area contributed by atoms with Gasteiger partial charge >= 0.3 is 0 Å². The average Bonchev–Trinajstić information content (AvgIpc) is 2.66. The Morgan fingerprint density at radius 3 is 2.42 bits per heavy atom. The molecule has 1 N–H and O–H groups in total. The first kappa shape index (κ1) is 18.0. The third-order valence-electron chi connectivity index (χ3n) is 3.64.